The topological polar surface area (TPSA) is 60.0 Å². The Balaban J connectivity index is 2.13. The van der Waals surface area contributed by atoms with Gasteiger partial charge in [-0.3, -0.25) is 0 Å². The van der Waals surface area contributed by atoms with Crippen LogP contribution in [0.15, 0.2) is 34.5 Å². The summed E-state index contributed by atoms with van der Waals surface area (Å²) in [4.78, 5) is 0. The zero-order valence-corrected chi connectivity index (χ0v) is 8.94. The van der Waals surface area contributed by atoms with E-state index in [1.165, 1.54) is 12.1 Å². The molecule has 0 radical (unpaired) electrons. The highest BCUT2D eigenvalue weighted by Crippen LogP contribution is 2.17. The first-order valence-corrected chi connectivity index (χ1v) is 5.09. The molecule has 4 nitrogen and oxygen atoms in total. The number of rotatable bonds is 3. The molecule has 1 aromatic rings. The highest BCUT2D eigenvalue weighted by molar-refractivity contribution is 6.04. The van der Waals surface area contributed by atoms with E-state index >= 15 is 0 Å². The van der Waals surface area contributed by atoms with Crippen molar-refractivity contribution in [1.82, 2.24) is 0 Å². The summed E-state index contributed by atoms with van der Waals surface area (Å²) < 4.78 is 28.1. The molecular weight excluding hydrogens is 228 g/mol. The van der Waals surface area contributed by atoms with Gasteiger partial charge in [0.15, 0.2) is 0 Å². The normalized spacial score (nSPS) is 15.5. The van der Waals surface area contributed by atoms with E-state index in [1.54, 1.807) is 12.1 Å². The van der Waals surface area contributed by atoms with Gasteiger partial charge in [-0.05, 0) is 36.2 Å². The Bertz CT molecular complexity index is 454. The Kier molecular flexibility index (Phi) is 3.32. The lowest BCUT2D eigenvalue weighted by molar-refractivity contribution is -0.0498. The molecule has 0 amide bonds. The van der Waals surface area contributed by atoms with Gasteiger partial charge in [-0.2, -0.15) is 13.9 Å². The first-order chi connectivity index (χ1) is 8.15. The number of hydrogen-bond acceptors (Lipinski definition) is 4. The van der Waals surface area contributed by atoms with Crippen LogP contribution in [0.5, 0.6) is 5.75 Å². The maximum Gasteiger partial charge on any atom is 0.387 e. The molecule has 0 fully saturated rings. The van der Waals surface area contributed by atoms with E-state index in [1.807, 2.05) is 0 Å². The number of benzene rings is 1. The summed E-state index contributed by atoms with van der Waals surface area (Å²) >= 11 is 0. The molecule has 90 valence electrons. The van der Waals surface area contributed by atoms with E-state index in [0.717, 1.165) is 11.3 Å². The first-order valence-electron chi connectivity index (χ1n) is 5.09. The van der Waals surface area contributed by atoms with Gasteiger partial charge >= 0.3 is 6.61 Å². The molecule has 0 atom stereocenters. The minimum atomic E-state index is -2.81. The zero-order valence-electron chi connectivity index (χ0n) is 8.94. The fourth-order valence-electron chi connectivity index (χ4n) is 1.50. The average Bonchev–Trinajstić information content (AvgIpc) is 2.30. The second-order valence-corrected chi connectivity index (χ2v) is 3.54. The molecule has 0 saturated carbocycles. The van der Waals surface area contributed by atoms with Crippen molar-refractivity contribution in [2.24, 2.45) is 15.9 Å². The summed E-state index contributed by atoms with van der Waals surface area (Å²) in [7, 11) is 0. The number of nitrogens with zero attached hydrogens (tertiary/aromatic N) is 2. The second-order valence-electron chi connectivity index (χ2n) is 3.54. The molecule has 0 aromatic heterocycles. The van der Waals surface area contributed by atoms with Crippen LogP contribution in [0.1, 0.15) is 18.4 Å². The van der Waals surface area contributed by atoms with Gasteiger partial charge in [0.1, 0.15) is 11.6 Å². The monoisotopic (exact) mass is 239 g/mol. The third kappa shape index (κ3) is 2.99. The van der Waals surface area contributed by atoms with Crippen molar-refractivity contribution in [3.63, 3.8) is 0 Å². The summed E-state index contributed by atoms with van der Waals surface area (Å²) in [5.41, 5.74) is 7.12. The summed E-state index contributed by atoms with van der Waals surface area (Å²) in [5, 5.41) is 7.75. The van der Waals surface area contributed by atoms with Gasteiger partial charge in [-0.15, -0.1) is 5.10 Å². The van der Waals surface area contributed by atoms with Gasteiger partial charge in [0.05, 0.1) is 5.71 Å². The highest BCUT2D eigenvalue weighted by Gasteiger charge is 2.10. The van der Waals surface area contributed by atoms with Gasteiger partial charge < -0.3 is 10.5 Å². The highest BCUT2D eigenvalue weighted by atomic mass is 19.3. The van der Waals surface area contributed by atoms with E-state index < -0.39 is 6.61 Å². The van der Waals surface area contributed by atoms with Gasteiger partial charge in [0.25, 0.3) is 0 Å². The molecule has 17 heavy (non-hydrogen) atoms. The van der Waals surface area contributed by atoms with E-state index in [9.17, 15) is 8.78 Å². The van der Waals surface area contributed by atoms with Crippen molar-refractivity contribution in [3.05, 3.63) is 29.8 Å². The van der Waals surface area contributed by atoms with Gasteiger partial charge in [-0.25, -0.2) is 0 Å². The van der Waals surface area contributed by atoms with Gasteiger partial charge in [-0.1, -0.05) is 0 Å². The quantitative estimate of drug-likeness (QED) is 0.878. The minimum Gasteiger partial charge on any atom is -0.435 e. The lowest BCUT2D eigenvalue weighted by Crippen LogP contribution is -2.17. The van der Waals surface area contributed by atoms with Crippen molar-refractivity contribution < 1.29 is 13.5 Å². The van der Waals surface area contributed by atoms with Gasteiger partial charge in [0, 0.05) is 6.42 Å². The van der Waals surface area contributed by atoms with Crippen LogP contribution in [0, 0.1) is 0 Å². The summed E-state index contributed by atoms with van der Waals surface area (Å²) in [6.45, 7) is -2.81. The number of halogens is 2. The van der Waals surface area contributed by atoms with E-state index in [2.05, 4.69) is 14.9 Å². The number of alkyl halides is 2. The molecule has 0 bridgehead atoms. The molecule has 1 aromatic carbocycles. The van der Waals surface area contributed by atoms with Crippen LogP contribution in [0.25, 0.3) is 0 Å². The van der Waals surface area contributed by atoms with E-state index in [4.69, 9.17) is 5.73 Å². The summed E-state index contributed by atoms with van der Waals surface area (Å²) in [6.07, 6.45) is 1.36. The maximum atomic E-state index is 11.9. The summed E-state index contributed by atoms with van der Waals surface area (Å²) in [5.74, 6) is 0.634. The van der Waals surface area contributed by atoms with Crippen LogP contribution in [0.3, 0.4) is 0 Å². The molecular formula is C11H11F2N3O. The molecule has 1 aliphatic heterocycles. The fraction of sp³-hybridized carbons (Fsp3) is 0.273. The Morgan fingerprint density at radius 1 is 1.12 bits per heavy atom. The average molecular weight is 239 g/mol. The molecule has 0 aliphatic carbocycles. The minimum absolute atomic E-state index is 0.128. The fourth-order valence-corrected chi connectivity index (χ4v) is 1.50. The molecule has 2 N–H and O–H groups in total. The van der Waals surface area contributed by atoms with Crippen molar-refractivity contribution in [1.29, 1.82) is 0 Å². The largest absolute Gasteiger partial charge is 0.435 e. The van der Waals surface area contributed by atoms with Crippen molar-refractivity contribution in [3.8, 4) is 5.75 Å². The molecule has 6 heteroatoms. The van der Waals surface area contributed by atoms with Crippen LogP contribution in [-0.2, 0) is 0 Å². The Hall–Kier alpha value is -1.98. The molecule has 1 aliphatic rings. The van der Waals surface area contributed by atoms with Gasteiger partial charge in [0.2, 0.25) is 0 Å². The van der Waals surface area contributed by atoms with E-state index in [0.29, 0.717) is 18.7 Å². The van der Waals surface area contributed by atoms with Crippen LogP contribution < -0.4 is 10.5 Å². The van der Waals surface area contributed by atoms with Crippen molar-refractivity contribution >= 4 is 11.5 Å². The van der Waals surface area contributed by atoms with Crippen LogP contribution in [-0.4, -0.2) is 18.2 Å². The second kappa shape index (κ2) is 4.90. The molecule has 0 saturated heterocycles. The Morgan fingerprint density at radius 3 is 2.35 bits per heavy atom. The molecule has 0 spiro atoms. The zero-order chi connectivity index (χ0) is 12.3. The molecule has 0 unspecified atom stereocenters. The third-order valence-electron chi connectivity index (χ3n) is 2.33. The maximum absolute atomic E-state index is 11.9. The van der Waals surface area contributed by atoms with Crippen LogP contribution >= 0.6 is 0 Å². The van der Waals surface area contributed by atoms with Crippen molar-refractivity contribution in [2.45, 2.75) is 19.5 Å². The number of nitrogens with two attached hydrogens (primary N) is 1. The predicted molar refractivity (Wildman–Crippen MR) is 60.5 cm³/mol. The number of ether oxygens (including phenoxy) is 1. The SMILES string of the molecule is NC1=NN=C(c2ccc(OC(F)F)cc2)CC1. The molecule has 2 rings (SSSR count). The standard InChI is InChI=1S/C11H11F2N3O/c12-11(13)17-8-3-1-7(2-4-8)9-5-6-10(14)16-15-9/h1-4,11H,5-6H2,(H2,14,16). The summed E-state index contributed by atoms with van der Waals surface area (Å²) in [6, 6.07) is 6.30. The lowest BCUT2D eigenvalue weighted by Gasteiger charge is -2.10. The van der Waals surface area contributed by atoms with E-state index in [-0.39, 0.29) is 5.75 Å². The number of hydrogen-bond donors (Lipinski definition) is 1. The molecule has 1 heterocycles. The Morgan fingerprint density at radius 2 is 1.82 bits per heavy atom. The third-order valence-corrected chi connectivity index (χ3v) is 2.33. The Labute approximate surface area is 96.8 Å². The number of amidine groups is 1. The van der Waals surface area contributed by atoms with Crippen LogP contribution in [0.2, 0.25) is 0 Å². The van der Waals surface area contributed by atoms with Crippen molar-refractivity contribution in [2.75, 3.05) is 0 Å². The van der Waals surface area contributed by atoms with Crippen LogP contribution in [0.4, 0.5) is 8.78 Å². The first kappa shape index (κ1) is 11.5. The lowest BCUT2D eigenvalue weighted by atomic mass is 10.0. The predicted octanol–water partition coefficient (Wildman–Crippen LogP) is 2.14. The smallest absolute Gasteiger partial charge is 0.387 e.